The van der Waals surface area contributed by atoms with Crippen LogP contribution in [0.4, 0.5) is 0 Å². The van der Waals surface area contributed by atoms with Gasteiger partial charge in [0.25, 0.3) is 0 Å². The summed E-state index contributed by atoms with van der Waals surface area (Å²) in [6, 6.07) is -0.518. The summed E-state index contributed by atoms with van der Waals surface area (Å²) in [6.45, 7) is 2.50. The van der Waals surface area contributed by atoms with Crippen molar-refractivity contribution >= 4 is 5.91 Å². The van der Waals surface area contributed by atoms with Crippen LogP contribution in [0.3, 0.4) is 0 Å². The Bertz CT molecular complexity index is 189. The average molecular weight is 216 g/mol. The van der Waals surface area contributed by atoms with Gasteiger partial charge in [-0.3, -0.25) is 4.79 Å². The number of aliphatic hydroxyl groups excluding tert-OH is 2. The first-order chi connectivity index (χ1) is 7.26. The lowest BCUT2D eigenvalue weighted by Gasteiger charge is -2.16. The van der Waals surface area contributed by atoms with Crippen LogP contribution in [0, 0.1) is 0 Å². The number of likely N-dealkylation sites (tertiary alicyclic amines) is 1. The van der Waals surface area contributed by atoms with E-state index in [1.807, 2.05) is 0 Å². The Morgan fingerprint density at radius 3 is 2.40 bits per heavy atom. The highest BCUT2D eigenvalue weighted by Gasteiger charge is 2.14. The summed E-state index contributed by atoms with van der Waals surface area (Å²) in [5, 5.41) is 20.1. The number of aliphatic hydroxyl groups is 2. The Labute approximate surface area is 90.1 Å². The Balaban J connectivity index is 2.11. The monoisotopic (exact) mass is 216 g/mol. The van der Waals surface area contributed by atoms with Crippen molar-refractivity contribution in [2.75, 3.05) is 32.8 Å². The molecule has 0 aliphatic carbocycles. The minimum absolute atomic E-state index is 0.102. The van der Waals surface area contributed by atoms with Gasteiger partial charge < -0.3 is 20.4 Å². The smallest absolute Gasteiger partial charge is 0.221 e. The Kier molecular flexibility index (Phi) is 5.60. The van der Waals surface area contributed by atoms with E-state index in [1.165, 1.54) is 12.8 Å². The fourth-order valence-electron chi connectivity index (χ4n) is 1.71. The molecule has 0 radical (unpaired) electrons. The molecule has 0 atom stereocenters. The van der Waals surface area contributed by atoms with E-state index in [9.17, 15) is 4.79 Å². The number of hydrogen-bond donors (Lipinski definition) is 3. The number of hydrogen-bond acceptors (Lipinski definition) is 4. The second-order valence-corrected chi connectivity index (χ2v) is 3.93. The highest BCUT2D eigenvalue weighted by molar-refractivity contribution is 5.76. The van der Waals surface area contributed by atoms with Gasteiger partial charge in [0.15, 0.2) is 0 Å². The second kappa shape index (κ2) is 6.76. The van der Waals surface area contributed by atoms with Crippen molar-refractivity contribution in [2.24, 2.45) is 0 Å². The molecule has 15 heavy (non-hydrogen) atoms. The van der Waals surface area contributed by atoms with Crippen LogP contribution >= 0.6 is 0 Å². The van der Waals surface area contributed by atoms with E-state index < -0.39 is 6.04 Å². The molecule has 0 unspecified atom stereocenters. The van der Waals surface area contributed by atoms with Gasteiger partial charge in [0, 0.05) is 13.0 Å². The lowest BCUT2D eigenvalue weighted by atomic mass is 10.3. The van der Waals surface area contributed by atoms with Crippen molar-refractivity contribution < 1.29 is 15.0 Å². The van der Waals surface area contributed by atoms with E-state index >= 15 is 0 Å². The zero-order valence-corrected chi connectivity index (χ0v) is 8.98. The molecule has 0 bridgehead atoms. The fraction of sp³-hybridized carbons (Fsp3) is 0.900. The van der Waals surface area contributed by atoms with Gasteiger partial charge in [0.1, 0.15) is 0 Å². The molecule has 1 rings (SSSR count). The lowest BCUT2D eigenvalue weighted by Crippen LogP contribution is -2.41. The van der Waals surface area contributed by atoms with Gasteiger partial charge in [-0.25, -0.2) is 0 Å². The van der Waals surface area contributed by atoms with Gasteiger partial charge in [-0.2, -0.15) is 0 Å². The van der Waals surface area contributed by atoms with Crippen LogP contribution in [-0.2, 0) is 4.79 Å². The number of nitrogens with one attached hydrogen (secondary N) is 1. The van der Waals surface area contributed by atoms with Gasteiger partial charge in [-0.15, -0.1) is 0 Å². The Morgan fingerprint density at radius 2 is 1.87 bits per heavy atom. The van der Waals surface area contributed by atoms with Crippen molar-refractivity contribution in [3.8, 4) is 0 Å². The maximum absolute atomic E-state index is 11.4. The molecular formula is C10H20N2O3. The largest absolute Gasteiger partial charge is 0.394 e. The summed E-state index contributed by atoms with van der Waals surface area (Å²) in [6.07, 6.45) is 2.88. The number of carbonyl (C=O) groups is 1. The molecule has 5 heteroatoms. The van der Waals surface area contributed by atoms with E-state index in [0.717, 1.165) is 19.6 Å². The Morgan fingerprint density at radius 1 is 1.27 bits per heavy atom. The second-order valence-electron chi connectivity index (χ2n) is 3.93. The standard InChI is InChI=1S/C10H20N2O3/c13-7-9(8-14)11-10(15)3-6-12-4-1-2-5-12/h9,13-14H,1-8H2,(H,11,15). The van der Waals surface area contributed by atoms with Gasteiger partial charge in [0.2, 0.25) is 5.91 Å². The molecular weight excluding hydrogens is 196 g/mol. The third-order valence-corrected chi connectivity index (χ3v) is 2.66. The zero-order valence-electron chi connectivity index (χ0n) is 8.98. The molecule has 0 saturated carbocycles. The van der Waals surface area contributed by atoms with Crippen LogP contribution in [0.1, 0.15) is 19.3 Å². The summed E-state index contributed by atoms with van der Waals surface area (Å²) in [5.41, 5.74) is 0. The predicted octanol–water partition coefficient (Wildman–Crippen LogP) is -1.06. The van der Waals surface area contributed by atoms with E-state index in [-0.39, 0.29) is 19.1 Å². The predicted molar refractivity (Wildman–Crippen MR) is 56.4 cm³/mol. The van der Waals surface area contributed by atoms with E-state index in [4.69, 9.17) is 10.2 Å². The average Bonchev–Trinajstić information content (AvgIpc) is 2.75. The molecule has 1 fully saturated rings. The molecule has 1 heterocycles. The van der Waals surface area contributed by atoms with Gasteiger partial charge in [-0.1, -0.05) is 0 Å². The lowest BCUT2D eigenvalue weighted by molar-refractivity contribution is -0.122. The summed E-state index contributed by atoms with van der Waals surface area (Å²) in [7, 11) is 0. The zero-order chi connectivity index (χ0) is 11.1. The molecule has 88 valence electrons. The molecule has 1 amide bonds. The summed E-state index contributed by atoms with van der Waals surface area (Å²) >= 11 is 0. The van der Waals surface area contributed by atoms with Crippen LogP contribution in [0.2, 0.25) is 0 Å². The normalized spacial score (nSPS) is 17.3. The van der Waals surface area contributed by atoms with Gasteiger partial charge in [0.05, 0.1) is 19.3 Å². The molecule has 0 aromatic heterocycles. The molecule has 1 aliphatic rings. The highest BCUT2D eigenvalue weighted by Crippen LogP contribution is 2.07. The molecule has 3 N–H and O–H groups in total. The first kappa shape index (κ1) is 12.4. The van der Waals surface area contributed by atoms with Crippen molar-refractivity contribution in [2.45, 2.75) is 25.3 Å². The summed E-state index contributed by atoms with van der Waals surface area (Å²) in [5.74, 6) is -0.102. The summed E-state index contributed by atoms with van der Waals surface area (Å²) in [4.78, 5) is 13.6. The minimum atomic E-state index is -0.518. The van der Waals surface area contributed by atoms with E-state index in [2.05, 4.69) is 10.2 Å². The number of carbonyl (C=O) groups excluding carboxylic acids is 1. The molecule has 1 aliphatic heterocycles. The maximum atomic E-state index is 11.4. The van der Waals surface area contributed by atoms with E-state index in [1.54, 1.807) is 0 Å². The Hall–Kier alpha value is -0.650. The van der Waals surface area contributed by atoms with Crippen molar-refractivity contribution in [3.63, 3.8) is 0 Å². The molecule has 0 spiro atoms. The SMILES string of the molecule is O=C(CCN1CCCC1)NC(CO)CO. The third-order valence-electron chi connectivity index (χ3n) is 2.66. The highest BCUT2D eigenvalue weighted by atomic mass is 16.3. The molecule has 5 nitrogen and oxygen atoms in total. The van der Waals surface area contributed by atoms with Crippen LogP contribution in [0.5, 0.6) is 0 Å². The molecule has 1 saturated heterocycles. The number of amides is 1. The van der Waals surface area contributed by atoms with Crippen molar-refractivity contribution in [3.05, 3.63) is 0 Å². The van der Waals surface area contributed by atoms with Crippen LogP contribution in [-0.4, -0.2) is 59.9 Å². The summed E-state index contributed by atoms with van der Waals surface area (Å²) < 4.78 is 0. The van der Waals surface area contributed by atoms with Crippen molar-refractivity contribution in [1.29, 1.82) is 0 Å². The maximum Gasteiger partial charge on any atom is 0.221 e. The first-order valence-electron chi connectivity index (χ1n) is 5.49. The number of nitrogens with zero attached hydrogens (tertiary/aromatic N) is 1. The third kappa shape index (κ3) is 4.59. The minimum Gasteiger partial charge on any atom is -0.394 e. The van der Waals surface area contributed by atoms with E-state index in [0.29, 0.717) is 6.42 Å². The van der Waals surface area contributed by atoms with Gasteiger partial charge >= 0.3 is 0 Å². The van der Waals surface area contributed by atoms with Crippen molar-refractivity contribution in [1.82, 2.24) is 10.2 Å². The van der Waals surface area contributed by atoms with Crippen LogP contribution < -0.4 is 5.32 Å². The first-order valence-corrected chi connectivity index (χ1v) is 5.49. The molecule has 0 aromatic carbocycles. The van der Waals surface area contributed by atoms with Crippen LogP contribution in [0.15, 0.2) is 0 Å². The topological polar surface area (TPSA) is 72.8 Å². The number of rotatable bonds is 6. The molecule has 0 aromatic rings. The fourth-order valence-corrected chi connectivity index (χ4v) is 1.71. The van der Waals surface area contributed by atoms with Gasteiger partial charge in [-0.05, 0) is 25.9 Å². The quantitative estimate of drug-likeness (QED) is 0.529. The van der Waals surface area contributed by atoms with Crippen LogP contribution in [0.25, 0.3) is 0 Å².